The third kappa shape index (κ3) is 8.43. The molecule has 1 aromatic carbocycles. The maximum absolute atomic E-state index is 12.1. The summed E-state index contributed by atoms with van der Waals surface area (Å²) in [5.74, 6) is 0.663. The molecule has 0 aliphatic rings. The van der Waals surface area contributed by atoms with Crippen LogP contribution in [0.15, 0.2) is 47.6 Å². The first-order valence-electron chi connectivity index (χ1n) is 9.04. The Bertz CT molecular complexity index is 767. The maximum atomic E-state index is 12.1. The van der Waals surface area contributed by atoms with Gasteiger partial charge in [0.15, 0.2) is 5.96 Å². The number of benzene rings is 1. The lowest BCUT2D eigenvalue weighted by Gasteiger charge is -2.12. The SMILES string of the molecule is CCCNC(=O)c1cccc(CNC(=NC)NCCc2ccc(Cl)nc2)c1.I. The highest BCUT2D eigenvalue weighted by atomic mass is 127. The zero-order valence-corrected chi connectivity index (χ0v) is 19.3. The highest BCUT2D eigenvalue weighted by Crippen LogP contribution is 2.06. The van der Waals surface area contributed by atoms with Crippen LogP contribution in [0.1, 0.15) is 34.8 Å². The van der Waals surface area contributed by atoms with Gasteiger partial charge in [-0.1, -0.05) is 36.7 Å². The van der Waals surface area contributed by atoms with Crippen molar-refractivity contribution in [2.75, 3.05) is 20.1 Å². The highest BCUT2D eigenvalue weighted by Gasteiger charge is 2.06. The average Bonchev–Trinajstić information content (AvgIpc) is 2.70. The second kappa shape index (κ2) is 13.3. The van der Waals surface area contributed by atoms with E-state index in [2.05, 4.69) is 25.9 Å². The van der Waals surface area contributed by atoms with E-state index < -0.39 is 0 Å². The quantitative estimate of drug-likeness (QED) is 0.218. The second-order valence-corrected chi connectivity index (χ2v) is 6.44. The maximum Gasteiger partial charge on any atom is 0.251 e. The molecule has 0 saturated heterocycles. The van der Waals surface area contributed by atoms with Gasteiger partial charge in [-0.25, -0.2) is 4.98 Å². The van der Waals surface area contributed by atoms with E-state index in [0.717, 1.165) is 30.5 Å². The second-order valence-electron chi connectivity index (χ2n) is 6.05. The molecule has 0 unspecified atom stereocenters. The summed E-state index contributed by atoms with van der Waals surface area (Å²) >= 11 is 5.79. The van der Waals surface area contributed by atoms with Crippen molar-refractivity contribution in [3.63, 3.8) is 0 Å². The van der Waals surface area contributed by atoms with Gasteiger partial charge in [0.25, 0.3) is 5.91 Å². The number of amides is 1. The van der Waals surface area contributed by atoms with Gasteiger partial charge in [-0.3, -0.25) is 9.79 Å². The zero-order valence-electron chi connectivity index (χ0n) is 16.2. The zero-order chi connectivity index (χ0) is 19.5. The Labute approximate surface area is 188 Å². The standard InChI is InChI=1S/C20H26ClN5O.HI/c1-3-10-23-19(27)17-6-4-5-16(12-17)14-26-20(22-2)24-11-9-15-7-8-18(21)25-13-15;/h4-8,12-13H,3,9-11,14H2,1-2H3,(H,23,27)(H2,22,24,26);1H. The van der Waals surface area contributed by atoms with Gasteiger partial charge in [-0.15, -0.1) is 24.0 Å². The number of nitrogens with zero attached hydrogens (tertiary/aromatic N) is 2. The smallest absolute Gasteiger partial charge is 0.251 e. The van der Waals surface area contributed by atoms with Crippen LogP contribution in [0.3, 0.4) is 0 Å². The molecule has 6 nitrogen and oxygen atoms in total. The summed E-state index contributed by atoms with van der Waals surface area (Å²) in [4.78, 5) is 20.4. The van der Waals surface area contributed by atoms with E-state index in [9.17, 15) is 4.79 Å². The third-order valence-corrected chi connectivity index (χ3v) is 4.13. The molecule has 28 heavy (non-hydrogen) atoms. The third-order valence-electron chi connectivity index (χ3n) is 3.90. The molecule has 1 amide bonds. The van der Waals surface area contributed by atoms with E-state index in [-0.39, 0.29) is 29.9 Å². The van der Waals surface area contributed by atoms with Gasteiger partial charge < -0.3 is 16.0 Å². The molecule has 0 spiro atoms. The van der Waals surface area contributed by atoms with Gasteiger partial charge in [0, 0.05) is 38.4 Å². The molecule has 8 heteroatoms. The molecule has 0 aliphatic heterocycles. The van der Waals surface area contributed by atoms with E-state index in [1.54, 1.807) is 19.3 Å². The van der Waals surface area contributed by atoms with Crippen molar-refractivity contribution >= 4 is 47.4 Å². The van der Waals surface area contributed by atoms with Crippen LogP contribution < -0.4 is 16.0 Å². The summed E-state index contributed by atoms with van der Waals surface area (Å²) < 4.78 is 0. The number of nitrogens with one attached hydrogen (secondary N) is 3. The number of aliphatic imine (C=N–C) groups is 1. The van der Waals surface area contributed by atoms with Crippen LogP contribution in [-0.4, -0.2) is 37.0 Å². The van der Waals surface area contributed by atoms with Crippen LogP contribution in [0.25, 0.3) is 0 Å². The molecule has 0 bridgehead atoms. The number of pyridine rings is 1. The van der Waals surface area contributed by atoms with Gasteiger partial charge in [0.05, 0.1) is 0 Å². The van der Waals surface area contributed by atoms with Crippen LogP contribution >= 0.6 is 35.6 Å². The van der Waals surface area contributed by atoms with Crippen LogP contribution in [0.5, 0.6) is 0 Å². The minimum Gasteiger partial charge on any atom is -0.356 e. The predicted octanol–water partition coefficient (Wildman–Crippen LogP) is 3.40. The summed E-state index contributed by atoms with van der Waals surface area (Å²) in [6, 6.07) is 11.3. The minimum absolute atomic E-state index is 0. The van der Waals surface area contributed by atoms with E-state index in [1.807, 2.05) is 37.3 Å². The Morgan fingerprint density at radius 3 is 2.61 bits per heavy atom. The molecule has 0 atom stereocenters. The Hall–Kier alpha value is -1.87. The number of hydrogen-bond donors (Lipinski definition) is 3. The first kappa shape index (κ1) is 24.2. The lowest BCUT2D eigenvalue weighted by molar-refractivity contribution is 0.0953. The van der Waals surface area contributed by atoms with E-state index in [4.69, 9.17) is 11.6 Å². The largest absolute Gasteiger partial charge is 0.356 e. The van der Waals surface area contributed by atoms with Gasteiger partial charge in [0.1, 0.15) is 5.15 Å². The highest BCUT2D eigenvalue weighted by molar-refractivity contribution is 14.0. The summed E-state index contributed by atoms with van der Waals surface area (Å²) in [5.41, 5.74) is 2.79. The summed E-state index contributed by atoms with van der Waals surface area (Å²) in [5, 5.41) is 9.91. The molecule has 152 valence electrons. The fourth-order valence-electron chi connectivity index (χ4n) is 2.45. The van der Waals surface area contributed by atoms with Crippen LogP contribution in [-0.2, 0) is 13.0 Å². The number of carbonyl (C=O) groups is 1. The Balaban J connectivity index is 0.00000392. The van der Waals surface area contributed by atoms with Crippen molar-refractivity contribution in [2.24, 2.45) is 4.99 Å². The van der Waals surface area contributed by atoms with Gasteiger partial charge in [0.2, 0.25) is 0 Å². The topological polar surface area (TPSA) is 78.4 Å². The van der Waals surface area contributed by atoms with E-state index >= 15 is 0 Å². The number of hydrogen-bond acceptors (Lipinski definition) is 3. The lowest BCUT2D eigenvalue weighted by atomic mass is 10.1. The first-order chi connectivity index (χ1) is 13.1. The summed E-state index contributed by atoms with van der Waals surface area (Å²) in [6.45, 7) is 4.02. The van der Waals surface area contributed by atoms with E-state index in [0.29, 0.717) is 29.8 Å². The normalized spacial score (nSPS) is 10.8. The fourth-order valence-corrected chi connectivity index (χ4v) is 2.56. The summed E-state index contributed by atoms with van der Waals surface area (Å²) in [7, 11) is 1.73. The van der Waals surface area contributed by atoms with Gasteiger partial charge in [-0.05, 0) is 42.2 Å². The minimum atomic E-state index is -0.0437. The first-order valence-corrected chi connectivity index (χ1v) is 9.42. The molecular weight excluding hydrogens is 489 g/mol. The molecule has 1 heterocycles. The van der Waals surface area contributed by atoms with Crippen molar-refractivity contribution < 1.29 is 4.79 Å². The molecule has 2 rings (SSSR count). The summed E-state index contributed by atoms with van der Waals surface area (Å²) in [6.07, 6.45) is 3.51. The van der Waals surface area contributed by atoms with Gasteiger partial charge >= 0.3 is 0 Å². The number of guanidine groups is 1. The van der Waals surface area contributed by atoms with E-state index in [1.165, 1.54) is 0 Å². The number of aromatic nitrogens is 1. The molecule has 1 aromatic heterocycles. The van der Waals surface area contributed by atoms with Crippen molar-refractivity contribution in [2.45, 2.75) is 26.3 Å². The van der Waals surface area contributed by atoms with Gasteiger partial charge in [-0.2, -0.15) is 0 Å². The molecule has 2 aromatic rings. The van der Waals surface area contributed by atoms with Crippen molar-refractivity contribution in [3.05, 3.63) is 64.4 Å². The molecule has 0 aliphatic carbocycles. The molecule has 0 saturated carbocycles. The van der Waals surface area contributed by atoms with Crippen LogP contribution in [0.2, 0.25) is 5.15 Å². The van der Waals surface area contributed by atoms with Crippen molar-refractivity contribution in [1.29, 1.82) is 0 Å². The average molecular weight is 516 g/mol. The molecule has 3 N–H and O–H groups in total. The number of rotatable bonds is 8. The van der Waals surface area contributed by atoms with Crippen LogP contribution in [0, 0.1) is 0 Å². The lowest BCUT2D eigenvalue weighted by Crippen LogP contribution is -2.37. The monoisotopic (exact) mass is 515 g/mol. The molecule has 0 radical (unpaired) electrons. The predicted molar refractivity (Wildman–Crippen MR) is 126 cm³/mol. The number of carbonyl (C=O) groups excluding carboxylic acids is 1. The Morgan fingerprint density at radius 1 is 1.11 bits per heavy atom. The van der Waals surface area contributed by atoms with Crippen LogP contribution in [0.4, 0.5) is 0 Å². The fraction of sp³-hybridized carbons (Fsp3) is 0.350. The van der Waals surface area contributed by atoms with Crippen molar-refractivity contribution in [3.8, 4) is 0 Å². The Morgan fingerprint density at radius 2 is 1.93 bits per heavy atom. The van der Waals surface area contributed by atoms with Crippen molar-refractivity contribution in [1.82, 2.24) is 20.9 Å². The molecular formula is C20H27ClIN5O. The Kier molecular flexibility index (Phi) is 11.5. The molecule has 0 fully saturated rings. The number of halogens is 2.